The molecule has 5 heterocycles. The van der Waals surface area contributed by atoms with Gasteiger partial charge in [-0.05, 0) is 37.8 Å². The predicted octanol–water partition coefficient (Wildman–Crippen LogP) is 4.94. The summed E-state index contributed by atoms with van der Waals surface area (Å²) in [6, 6.07) is 13.0. The van der Waals surface area contributed by atoms with Crippen LogP contribution in [0.5, 0.6) is 0 Å². The van der Waals surface area contributed by atoms with E-state index in [9.17, 15) is 9.59 Å². The quantitative estimate of drug-likeness (QED) is 0.262. The summed E-state index contributed by atoms with van der Waals surface area (Å²) in [6.07, 6.45) is 6.44. The first-order valence-electron chi connectivity index (χ1n) is 13.8. The van der Waals surface area contributed by atoms with E-state index in [1.807, 2.05) is 49.4 Å². The Balaban J connectivity index is 1.12. The lowest BCUT2D eigenvalue weighted by atomic mass is 9.90. The lowest BCUT2D eigenvalue weighted by Crippen LogP contribution is -2.36. The summed E-state index contributed by atoms with van der Waals surface area (Å²) in [5, 5.41) is 11.8. The Morgan fingerprint density at radius 3 is 2.90 bits per heavy atom. The third kappa shape index (κ3) is 4.55. The fourth-order valence-electron chi connectivity index (χ4n) is 6.00. The molecule has 3 atom stereocenters. The first-order valence-corrected chi connectivity index (χ1v) is 14.6. The van der Waals surface area contributed by atoms with Gasteiger partial charge in [-0.3, -0.25) is 14.2 Å². The fraction of sp³-hybridized carbons (Fsp3) is 0.300. The summed E-state index contributed by atoms with van der Waals surface area (Å²) in [5.74, 6) is 1.62. The lowest BCUT2D eigenvalue weighted by Gasteiger charge is -2.23. The van der Waals surface area contributed by atoms with Crippen molar-refractivity contribution in [1.82, 2.24) is 25.0 Å². The van der Waals surface area contributed by atoms with Gasteiger partial charge in [0.25, 0.3) is 5.56 Å². The van der Waals surface area contributed by atoms with E-state index in [4.69, 9.17) is 10.3 Å². The minimum atomic E-state index is -0.634. The zero-order valence-corrected chi connectivity index (χ0v) is 23.3. The molecule has 0 spiro atoms. The van der Waals surface area contributed by atoms with Crippen molar-refractivity contribution in [3.8, 4) is 11.3 Å². The molecule has 10 nitrogen and oxygen atoms in total. The average Bonchev–Trinajstić information content (AvgIpc) is 3.69. The smallest absolute Gasteiger partial charge is 0.277 e. The second kappa shape index (κ2) is 10.2. The maximum absolute atomic E-state index is 13.8. The molecule has 1 aliphatic carbocycles. The molecule has 0 saturated heterocycles. The van der Waals surface area contributed by atoms with Crippen LogP contribution >= 0.6 is 11.3 Å². The minimum absolute atomic E-state index is 0.0186. The van der Waals surface area contributed by atoms with Gasteiger partial charge in [-0.2, -0.15) is 0 Å². The lowest BCUT2D eigenvalue weighted by molar-refractivity contribution is -0.124. The number of nitrogens with one attached hydrogen (secondary N) is 2. The molecular weight excluding hydrogens is 538 g/mol. The topological polar surface area (TPSA) is 141 Å². The maximum atomic E-state index is 13.8. The van der Waals surface area contributed by atoms with Gasteiger partial charge in [0.2, 0.25) is 5.91 Å². The van der Waals surface area contributed by atoms with E-state index in [0.717, 1.165) is 56.8 Å². The SMILES string of the molecule is C[C@@H]1C[C@@H](C(=O)NCc2cc3cnc(N)cc3s2)n2c1ncc(NC1CCCc3c(-c4ccccc4)noc31)c2=O. The molecule has 1 amide bonds. The van der Waals surface area contributed by atoms with Gasteiger partial charge in [-0.25, -0.2) is 9.97 Å². The first kappa shape index (κ1) is 25.5. The van der Waals surface area contributed by atoms with Crippen LogP contribution in [0.25, 0.3) is 21.3 Å². The molecule has 0 radical (unpaired) electrons. The highest BCUT2D eigenvalue weighted by atomic mass is 32.1. The van der Waals surface area contributed by atoms with E-state index >= 15 is 0 Å². The Morgan fingerprint density at radius 2 is 2.05 bits per heavy atom. The molecule has 41 heavy (non-hydrogen) atoms. The Hall–Kier alpha value is -4.51. The number of nitrogens with zero attached hydrogens (tertiary/aromatic N) is 4. The largest absolute Gasteiger partial charge is 0.384 e. The molecule has 1 unspecified atom stereocenters. The summed E-state index contributed by atoms with van der Waals surface area (Å²) in [6.45, 7) is 2.35. The van der Waals surface area contributed by atoms with Crippen LogP contribution in [-0.2, 0) is 17.8 Å². The Morgan fingerprint density at radius 1 is 1.20 bits per heavy atom. The van der Waals surface area contributed by atoms with Crippen LogP contribution in [0, 0.1) is 0 Å². The predicted molar refractivity (Wildman–Crippen MR) is 158 cm³/mol. The summed E-state index contributed by atoms with van der Waals surface area (Å²) in [5.41, 5.74) is 8.83. The van der Waals surface area contributed by atoms with Crippen molar-refractivity contribution in [3.05, 3.63) is 87.2 Å². The average molecular weight is 568 g/mol. The molecule has 1 aromatic carbocycles. The maximum Gasteiger partial charge on any atom is 0.277 e. The molecule has 208 valence electrons. The zero-order valence-electron chi connectivity index (χ0n) is 22.5. The van der Waals surface area contributed by atoms with Gasteiger partial charge >= 0.3 is 0 Å². The van der Waals surface area contributed by atoms with Crippen molar-refractivity contribution < 1.29 is 9.32 Å². The molecule has 0 saturated carbocycles. The number of amides is 1. The number of rotatable bonds is 6. The van der Waals surface area contributed by atoms with Crippen LogP contribution in [0.2, 0.25) is 0 Å². The molecule has 7 rings (SSSR count). The number of hydrogen-bond donors (Lipinski definition) is 3. The van der Waals surface area contributed by atoms with Crippen LogP contribution in [0.4, 0.5) is 11.5 Å². The van der Waals surface area contributed by atoms with Gasteiger partial charge < -0.3 is 20.9 Å². The van der Waals surface area contributed by atoms with E-state index in [-0.39, 0.29) is 23.4 Å². The summed E-state index contributed by atoms with van der Waals surface area (Å²) < 4.78 is 8.39. The van der Waals surface area contributed by atoms with Gasteiger partial charge in [-0.15, -0.1) is 11.3 Å². The van der Waals surface area contributed by atoms with E-state index in [2.05, 4.69) is 25.8 Å². The minimum Gasteiger partial charge on any atom is -0.384 e. The van der Waals surface area contributed by atoms with Crippen molar-refractivity contribution in [2.24, 2.45) is 0 Å². The molecule has 2 aliphatic rings. The number of carbonyl (C=O) groups excluding carboxylic acids is 1. The van der Waals surface area contributed by atoms with Crippen LogP contribution in [0.15, 0.2) is 64.2 Å². The highest BCUT2D eigenvalue weighted by molar-refractivity contribution is 7.19. The Kier molecular flexibility index (Phi) is 6.30. The molecule has 0 fully saturated rings. The molecule has 5 aromatic rings. The van der Waals surface area contributed by atoms with Gasteiger partial charge in [0.05, 0.1) is 18.8 Å². The van der Waals surface area contributed by atoms with Crippen molar-refractivity contribution >= 4 is 38.8 Å². The third-order valence-corrected chi connectivity index (χ3v) is 9.09. The number of nitrogens with two attached hydrogens (primary N) is 1. The van der Waals surface area contributed by atoms with E-state index in [1.54, 1.807) is 28.3 Å². The summed E-state index contributed by atoms with van der Waals surface area (Å²) in [7, 11) is 0. The number of thiophene rings is 1. The summed E-state index contributed by atoms with van der Waals surface area (Å²) in [4.78, 5) is 36.9. The summed E-state index contributed by atoms with van der Waals surface area (Å²) >= 11 is 1.56. The second-order valence-corrected chi connectivity index (χ2v) is 11.9. The first-order chi connectivity index (χ1) is 20.0. The van der Waals surface area contributed by atoms with Crippen molar-refractivity contribution in [2.75, 3.05) is 11.1 Å². The highest BCUT2D eigenvalue weighted by Crippen LogP contribution is 2.38. The molecular formula is C30H29N7O3S. The Bertz CT molecular complexity index is 1830. The third-order valence-electron chi connectivity index (χ3n) is 8.00. The van der Waals surface area contributed by atoms with E-state index < -0.39 is 6.04 Å². The molecule has 0 bridgehead atoms. The van der Waals surface area contributed by atoms with Gasteiger partial charge in [0.1, 0.15) is 29.1 Å². The number of carbonyl (C=O) groups is 1. The van der Waals surface area contributed by atoms with Crippen LogP contribution in [0.1, 0.15) is 66.2 Å². The van der Waals surface area contributed by atoms with Crippen molar-refractivity contribution in [1.29, 1.82) is 0 Å². The molecule has 4 aromatic heterocycles. The normalized spacial score (nSPS) is 19.6. The van der Waals surface area contributed by atoms with E-state index in [0.29, 0.717) is 30.3 Å². The number of anilines is 2. The monoisotopic (exact) mass is 567 g/mol. The van der Waals surface area contributed by atoms with Crippen molar-refractivity contribution in [2.45, 2.75) is 57.2 Å². The Labute approximate surface area is 239 Å². The number of benzene rings is 1. The number of nitrogen functional groups attached to an aromatic ring is 1. The molecule has 11 heteroatoms. The standard InChI is InChI=1S/C30H29N7O3S/c1-16-10-23(29(38)34-14-19-11-18-13-32-25(31)12-24(18)41-19)37-28(16)33-15-22(30(37)39)35-21-9-5-8-20-26(36-40-27(20)21)17-6-3-2-4-7-17/h2-4,6-7,11-13,15-16,21,23,35H,5,8-10,14H2,1H3,(H2,31,32)(H,34,38)/t16-,21?,23+/m1/s1. The van der Waals surface area contributed by atoms with Gasteiger partial charge in [-0.1, -0.05) is 42.4 Å². The number of aromatic nitrogens is 4. The van der Waals surface area contributed by atoms with Crippen molar-refractivity contribution in [3.63, 3.8) is 0 Å². The highest BCUT2D eigenvalue weighted by Gasteiger charge is 2.36. The van der Waals surface area contributed by atoms with Gasteiger partial charge in [0.15, 0.2) is 5.76 Å². The zero-order chi connectivity index (χ0) is 28.1. The van der Waals surface area contributed by atoms with Crippen LogP contribution in [0.3, 0.4) is 0 Å². The fourth-order valence-corrected chi connectivity index (χ4v) is 7.02. The van der Waals surface area contributed by atoms with Crippen LogP contribution in [-0.4, -0.2) is 25.6 Å². The van der Waals surface area contributed by atoms with Gasteiger partial charge in [0, 0.05) is 38.2 Å². The van der Waals surface area contributed by atoms with Crippen LogP contribution < -0.4 is 21.9 Å². The van der Waals surface area contributed by atoms with E-state index in [1.165, 1.54) is 0 Å². The number of hydrogen-bond acceptors (Lipinski definition) is 9. The molecule has 4 N–H and O–H groups in total. The second-order valence-electron chi connectivity index (χ2n) is 10.8. The number of fused-ring (bicyclic) bond motifs is 3. The molecule has 1 aliphatic heterocycles. The number of pyridine rings is 1.